The molecule has 1 aliphatic rings. The van der Waals surface area contributed by atoms with Crippen molar-refractivity contribution in [3.63, 3.8) is 0 Å². The highest BCUT2D eigenvalue weighted by atomic mass is 16.5. The van der Waals surface area contributed by atoms with Gasteiger partial charge in [-0.05, 0) is 43.0 Å². The van der Waals surface area contributed by atoms with E-state index in [0.29, 0.717) is 25.3 Å². The van der Waals surface area contributed by atoms with Crippen LogP contribution in [-0.2, 0) is 4.74 Å². The second kappa shape index (κ2) is 11.4. The molecule has 1 heterocycles. The second-order valence-corrected chi connectivity index (χ2v) is 6.87. The molecule has 2 rings (SSSR count). The molecule has 0 radical (unpaired) electrons. The van der Waals surface area contributed by atoms with Gasteiger partial charge in [-0.3, -0.25) is 0 Å². The van der Waals surface area contributed by atoms with Crippen LogP contribution in [0, 0.1) is 0 Å². The Morgan fingerprint density at radius 3 is 2.59 bits per heavy atom. The number of phenolic OH excluding ortho intramolecular Hbond substituents is 1. The molecule has 1 fully saturated rings. The summed E-state index contributed by atoms with van der Waals surface area (Å²) in [6, 6.07) is 6.93. The molecule has 29 heavy (non-hydrogen) atoms. The summed E-state index contributed by atoms with van der Waals surface area (Å²) < 4.78 is 5.50. The van der Waals surface area contributed by atoms with Crippen LogP contribution in [0.2, 0.25) is 0 Å². The molecule has 0 bridgehead atoms. The lowest BCUT2D eigenvalue weighted by atomic mass is 9.98. The minimum atomic E-state index is 0.109. The van der Waals surface area contributed by atoms with Crippen LogP contribution in [0.3, 0.4) is 0 Å². The molecule has 0 atom stereocenters. The zero-order chi connectivity index (χ0) is 21.2. The second-order valence-electron chi connectivity index (χ2n) is 6.87. The lowest BCUT2D eigenvalue weighted by Gasteiger charge is -2.31. The van der Waals surface area contributed by atoms with E-state index >= 15 is 0 Å². The summed E-state index contributed by atoms with van der Waals surface area (Å²) >= 11 is 0. The number of nitrogens with zero attached hydrogens (tertiary/aromatic N) is 2. The number of aromatic hydroxyl groups is 1. The first-order chi connectivity index (χ1) is 14.0. The fourth-order valence-corrected chi connectivity index (χ4v) is 3.18. The third kappa shape index (κ3) is 6.44. The summed E-state index contributed by atoms with van der Waals surface area (Å²) in [5.41, 5.74) is 4.31. The number of morpholine rings is 1. The van der Waals surface area contributed by atoms with E-state index in [4.69, 9.17) is 9.73 Å². The van der Waals surface area contributed by atoms with Crippen molar-refractivity contribution < 1.29 is 14.9 Å². The van der Waals surface area contributed by atoms with Gasteiger partial charge in [-0.2, -0.15) is 0 Å². The predicted molar refractivity (Wildman–Crippen MR) is 120 cm³/mol. The molecule has 0 spiro atoms. The Balaban J connectivity index is 2.42. The summed E-state index contributed by atoms with van der Waals surface area (Å²) in [5, 5.41) is 19.1. The topological polar surface area (TPSA) is 65.3 Å². The van der Waals surface area contributed by atoms with Gasteiger partial charge in [0.1, 0.15) is 11.6 Å². The molecule has 0 unspecified atom stereocenters. The number of hydrogen-bond acceptors (Lipinski definition) is 4. The van der Waals surface area contributed by atoms with Crippen molar-refractivity contribution >= 4 is 11.5 Å². The number of phenols is 1. The molecule has 0 aromatic heterocycles. The molecule has 2 N–H and O–H groups in total. The highest BCUT2D eigenvalue weighted by Crippen LogP contribution is 2.24. The molecule has 0 saturated carbocycles. The smallest absolute Gasteiger partial charge is 0.136 e. The molecule has 1 aliphatic heterocycles. The summed E-state index contributed by atoms with van der Waals surface area (Å²) in [6.45, 7) is 15.4. The van der Waals surface area contributed by atoms with Crippen molar-refractivity contribution in [2.45, 2.75) is 26.7 Å². The molecule has 5 heteroatoms. The first-order valence-electron chi connectivity index (χ1n) is 10.1. The number of rotatable bonds is 8. The third-order valence-electron chi connectivity index (χ3n) is 4.90. The van der Waals surface area contributed by atoms with Crippen molar-refractivity contribution in [3.05, 3.63) is 71.9 Å². The Bertz CT molecular complexity index is 815. The third-order valence-corrected chi connectivity index (χ3v) is 4.90. The van der Waals surface area contributed by atoms with E-state index in [1.807, 2.05) is 19.1 Å². The number of hydrogen-bond donors (Lipinski definition) is 2. The maximum atomic E-state index is 9.79. The summed E-state index contributed by atoms with van der Waals surface area (Å²) in [5.74, 6) is 0.954. The average Bonchev–Trinajstić information content (AvgIpc) is 2.75. The van der Waals surface area contributed by atoms with Crippen LogP contribution in [0.25, 0.3) is 5.70 Å². The minimum Gasteiger partial charge on any atom is -0.508 e. The Kier molecular flexibility index (Phi) is 8.90. The number of allylic oxidation sites excluding steroid dienone is 2. The SMILES string of the molecule is C=C(C(=NC(=C)c1cccc(O)c1)N1CCOCC1)/C(=C\C(=C/C)CCO)CC. The van der Waals surface area contributed by atoms with Crippen LogP contribution in [0.1, 0.15) is 32.3 Å². The number of ether oxygens (including phenoxy) is 1. The summed E-state index contributed by atoms with van der Waals surface area (Å²) in [7, 11) is 0. The Labute approximate surface area is 174 Å². The lowest BCUT2D eigenvalue weighted by molar-refractivity contribution is 0.0683. The van der Waals surface area contributed by atoms with Crippen LogP contribution in [-0.4, -0.2) is 53.9 Å². The van der Waals surface area contributed by atoms with Gasteiger partial charge in [0.25, 0.3) is 0 Å². The highest BCUT2D eigenvalue weighted by Gasteiger charge is 2.20. The van der Waals surface area contributed by atoms with E-state index in [9.17, 15) is 10.2 Å². The Hall–Kier alpha value is -2.63. The quantitative estimate of drug-likeness (QED) is 0.390. The fourth-order valence-electron chi connectivity index (χ4n) is 3.18. The van der Waals surface area contributed by atoms with E-state index in [0.717, 1.165) is 47.6 Å². The van der Waals surface area contributed by atoms with Gasteiger partial charge >= 0.3 is 0 Å². The molecule has 1 saturated heterocycles. The van der Waals surface area contributed by atoms with Crippen LogP contribution in [0.4, 0.5) is 0 Å². The van der Waals surface area contributed by atoms with Crippen LogP contribution >= 0.6 is 0 Å². The number of aliphatic imine (C=N–C) groups is 1. The van der Waals surface area contributed by atoms with Crippen molar-refractivity contribution in [3.8, 4) is 5.75 Å². The highest BCUT2D eigenvalue weighted by molar-refractivity contribution is 6.04. The summed E-state index contributed by atoms with van der Waals surface area (Å²) in [4.78, 5) is 7.00. The van der Waals surface area contributed by atoms with Crippen molar-refractivity contribution in [2.24, 2.45) is 4.99 Å². The van der Waals surface area contributed by atoms with Gasteiger partial charge in [0.05, 0.1) is 18.9 Å². The number of amidine groups is 1. The molecule has 0 amide bonds. The van der Waals surface area contributed by atoms with E-state index in [1.165, 1.54) is 0 Å². The van der Waals surface area contributed by atoms with Crippen LogP contribution in [0.15, 0.2) is 71.3 Å². The van der Waals surface area contributed by atoms with Gasteiger partial charge in [-0.25, -0.2) is 4.99 Å². The monoisotopic (exact) mass is 396 g/mol. The number of aliphatic hydroxyl groups excluding tert-OH is 1. The van der Waals surface area contributed by atoms with E-state index in [2.05, 4.69) is 31.1 Å². The molecule has 156 valence electrons. The maximum Gasteiger partial charge on any atom is 0.136 e. The molecule has 0 aliphatic carbocycles. The maximum absolute atomic E-state index is 9.79. The summed E-state index contributed by atoms with van der Waals surface area (Å²) in [6.07, 6.45) is 5.50. The Morgan fingerprint density at radius 1 is 1.28 bits per heavy atom. The van der Waals surface area contributed by atoms with E-state index in [-0.39, 0.29) is 12.4 Å². The van der Waals surface area contributed by atoms with Crippen LogP contribution in [0.5, 0.6) is 5.75 Å². The first kappa shape index (κ1) is 22.7. The largest absolute Gasteiger partial charge is 0.508 e. The van der Waals surface area contributed by atoms with Crippen molar-refractivity contribution in [1.82, 2.24) is 4.90 Å². The predicted octanol–water partition coefficient (Wildman–Crippen LogP) is 4.31. The lowest BCUT2D eigenvalue weighted by Crippen LogP contribution is -2.41. The first-order valence-corrected chi connectivity index (χ1v) is 10.1. The van der Waals surface area contributed by atoms with Gasteiger partial charge in [0.2, 0.25) is 0 Å². The van der Waals surface area contributed by atoms with Crippen LogP contribution < -0.4 is 0 Å². The van der Waals surface area contributed by atoms with Gasteiger partial charge in [-0.1, -0.05) is 44.4 Å². The van der Waals surface area contributed by atoms with Gasteiger partial charge < -0.3 is 19.8 Å². The van der Waals surface area contributed by atoms with Crippen molar-refractivity contribution in [2.75, 3.05) is 32.9 Å². The normalized spacial score (nSPS) is 16.1. The number of aliphatic hydroxyl groups is 1. The van der Waals surface area contributed by atoms with E-state index < -0.39 is 0 Å². The molecular formula is C24H32N2O3. The molecule has 5 nitrogen and oxygen atoms in total. The van der Waals surface area contributed by atoms with E-state index in [1.54, 1.807) is 18.2 Å². The van der Waals surface area contributed by atoms with Gasteiger partial charge in [0.15, 0.2) is 0 Å². The average molecular weight is 397 g/mol. The molecule has 1 aromatic rings. The number of benzene rings is 1. The zero-order valence-electron chi connectivity index (χ0n) is 17.5. The van der Waals surface area contributed by atoms with Gasteiger partial charge in [-0.15, -0.1) is 0 Å². The standard InChI is InChI=1S/C24H32N2O3/c1-5-20(10-13-27)16-21(6-2)18(3)24(26-11-14-29-15-12-26)25-19(4)22-8-7-9-23(28)17-22/h5,7-9,16-17,27-28H,3-4,6,10-15H2,1-2H3/b20-5-,21-16-,25-24?. The minimum absolute atomic E-state index is 0.109. The fraction of sp³-hybridized carbons (Fsp3) is 0.375. The Morgan fingerprint density at radius 2 is 2.00 bits per heavy atom. The molecule has 1 aromatic carbocycles. The van der Waals surface area contributed by atoms with Gasteiger partial charge in [0, 0.05) is 30.8 Å². The van der Waals surface area contributed by atoms with Crippen molar-refractivity contribution in [1.29, 1.82) is 0 Å². The zero-order valence-corrected chi connectivity index (χ0v) is 17.5. The molecular weight excluding hydrogens is 364 g/mol.